The standard InChI is InChI=1S/C23H25FN2O7/c1-12(2)19(32-16-8-6-7-15(24)11-16)14(4)31-22(28)13(3)26-21(27)18-20(33-23(26)29)17(30-5)9-10-25-18/h6-14,19H,1-5H3/t13-,14-,19+/m0/s1. The van der Waals surface area contributed by atoms with Crippen LogP contribution in [0.2, 0.25) is 0 Å². The number of rotatable bonds is 8. The van der Waals surface area contributed by atoms with E-state index in [2.05, 4.69) is 4.98 Å². The van der Waals surface area contributed by atoms with Crippen LogP contribution in [0.5, 0.6) is 11.5 Å². The summed E-state index contributed by atoms with van der Waals surface area (Å²) >= 11 is 0. The Labute approximate surface area is 188 Å². The Kier molecular flexibility index (Phi) is 7.15. The molecule has 0 N–H and O–H groups in total. The van der Waals surface area contributed by atoms with Crippen molar-refractivity contribution in [1.29, 1.82) is 0 Å². The van der Waals surface area contributed by atoms with E-state index in [1.165, 1.54) is 44.5 Å². The first-order chi connectivity index (χ1) is 15.6. The van der Waals surface area contributed by atoms with Crippen molar-refractivity contribution >= 4 is 17.1 Å². The SMILES string of the molecule is COc1ccnc2c(=O)n([C@@H](C)C(=O)O[C@@H](C)[C@H](Oc3cccc(F)c3)C(C)C)c(=O)oc12. The molecule has 0 amide bonds. The minimum Gasteiger partial charge on any atom is -0.493 e. The van der Waals surface area contributed by atoms with Crippen LogP contribution in [0.4, 0.5) is 4.39 Å². The largest absolute Gasteiger partial charge is 0.493 e. The first-order valence-corrected chi connectivity index (χ1v) is 10.3. The summed E-state index contributed by atoms with van der Waals surface area (Å²) in [7, 11) is 1.36. The molecule has 0 saturated carbocycles. The number of carbonyl (C=O) groups is 1. The maximum Gasteiger partial charge on any atom is 0.423 e. The van der Waals surface area contributed by atoms with E-state index in [1.54, 1.807) is 13.0 Å². The zero-order valence-electron chi connectivity index (χ0n) is 18.9. The number of pyridine rings is 1. The minimum atomic E-state index is -1.30. The molecule has 1 aromatic carbocycles. The molecule has 9 nitrogen and oxygen atoms in total. The fraction of sp³-hybridized carbons (Fsp3) is 0.391. The summed E-state index contributed by atoms with van der Waals surface area (Å²) in [6, 6.07) is 5.77. The second-order valence-electron chi connectivity index (χ2n) is 7.84. The highest BCUT2D eigenvalue weighted by molar-refractivity contribution is 5.78. The number of benzene rings is 1. The average molecular weight is 460 g/mol. The summed E-state index contributed by atoms with van der Waals surface area (Å²) in [5.41, 5.74) is -1.08. The molecule has 0 unspecified atom stereocenters. The van der Waals surface area contributed by atoms with Crippen molar-refractivity contribution in [1.82, 2.24) is 9.55 Å². The second kappa shape index (κ2) is 9.85. The smallest absolute Gasteiger partial charge is 0.423 e. The van der Waals surface area contributed by atoms with Crippen LogP contribution in [0, 0.1) is 11.7 Å². The zero-order chi connectivity index (χ0) is 24.3. The number of aromatic nitrogens is 2. The van der Waals surface area contributed by atoms with Crippen molar-refractivity contribution in [2.75, 3.05) is 7.11 Å². The number of ether oxygens (including phenoxy) is 3. The van der Waals surface area contributed by atoms with Crippen molar-refractivity contribution in [3.05, 3.63) is 63.3 Å². The average Bonchev–Trinajstić information content (AvgIpc) is 2.76. The Balaban J connectivity index is 1.85. The van der Waals surface area contributed by atoms with Crippen LogP contribution in [0.15, 0.2) is 50.5 Å². The zero-order valence-corrected chi connectivity index (χ0v) is 18.9. The van der Waals surface area contributed by atoms with Crippen LogP contribution in [0.3, 0.4) is 0 Å². The molecule has 0 aliphatic carbocycles. The van der Waals surface area contributed by atoms with E-state index in [-0.39, 0.29) is 28.5 Å². The molecule has 0 radical (unpaired) electrons. The molecule has 176 valence electrons. The maximum atomic E-state index is 13.5. The third-order valence-electron chi connectivity index (χ3n) is 5.11. The second-order valence-corrected chi connectivity index (χ2v) is 7.84. The Hall–Kier alpha value is -3.69. The van der Waals surface area contributed by atoms with Crippen LogP contribution in [0.1, 0.15) is 33.7 Å². The van der Waals surface area contributed by atoms with Crippen molar-refractivity contribution in [2.45, 2.75) is 45.9 Å². The van der Waals surface area contributed by atoms with Gasteiger partial charge in [-0.1, -0.05) is 19.9 Å². The summed E-state index contributed by atoms with van der Waals surface area (Å²) in [6.07, 6.45) is -0.0576. The molecule has 3 rings (SSSR count). The normalized spacial score (nSPS) is 14.0. The van der Waals surface area contributed by atoms with Crippen LogP contribution in [-0.4, -0.2) is 34.8 Å². The highest BCUT2D eigenvalue weighted by Crippen LogP contribution is 2.22. The number of carbonyl (C=O) groups excluding carboxylic acids is 1. The van der Waals surface area contributed by atoms with Gasteiger partial charge in [0.25, 0.3) is 5.56 Å². The monoisotopic (exact) mass is 460 g/mol. The van der Waals surface area contributed by atoms with Crippen molar-refractivity contribution in [3.8, 4) is 11.5 Å². The maximum absolute atomic E-state index is 13.5. The lowest BCUT2D eigenvalue weighted by atomic mass is 10.0. The Morgan fingerprint density at radius 3 is 2.52 bits per heavy atom. The number of halogens is 1. The predicted octanol–water partition coefficient (Wildman–Crippen LogP) is 3.09. The first kappa shape index (κ1) is 24.0. The van der Waals surface area contributed by atoms with Crippen LogP contribution in [-0.2, 0) is 9.53 Å². The van der Waals surface area contributed by atoms with Gasteiger partial charge >= 0.3 is 11.7 Å². The quantitative estimate of drug-likeness (QED) is 0.472. The van der Waals surface area contributed by atoms with Gasteiger partial charge in [-0.3, -0.25) is 4.79 Å². The van der Waals surface area contributed by atoms with E-state index >= 15 is 0 Å². The van der Waals surface area contributed by atoms with Gasteiger partial charge in [-0.2, -0.15) is 0 Å². The predicted molar refractivity (Wildman–Crippen MR) is 117 cm³/mol. The lowest BCUT2D eigenvalue weighted by Gasteiger charge is -2.29. The first-order valence-electron chi connectivity index (χ1n) is 10.3. The molecule has 0 aliphatic rings. The summed E-state index contributed by atoms with van der Waals surface area (Å²) in [5, 5.41) is 0. The molecule has 2 heterocycles. The third-order valence-corrected chi connectivity index (χ3v) is 5.11. The molecule has 3 atom stereocenters. The fourth-order valence-corrected chi connectivity index (χ4v) is 3.44. The topological polar surface area (TPSA) is 110 Å². The van der Waals surface area contributed by atoms with Gasteiger partial charge in [-0.05, 0) is 31.9 Å². The van der Waals surface area contributed by atoms with Crippen molar-refractivity contribution in [2.24, 2.45) is 5.92 Å². The molecule has 33 heavy (non-hydrogen) atoms. The van der Waals surface area contributed by atoms with Crippen LogP contribution < -0.4 is 20.8 Å². The van der Waals surface area contributed by atoms with Gasteiger partial charge in [-0.15, -0.1) is 0 Å². The summed E-state index contributed by atoms with van der Waals surface area (Å²) in [6.45, 7) is 6.68. The Morgan fingerprint density at radius 1 is 1.15 bits per heavy atom. The molecule has 0 saturated heterocycles. The molecular weight excluding hydrogens is 435 g/mol. The van der Waals surface area contributed by atoms with E-state index in [4.69, 9.17) is 18.6 Å². The molecule has 0 spiro atoms. The van der Waals surface area contributed by atoms with Crippen LogP contribution in [0.25, 0.3) is 11.1 Å². The summed E-state index contributed by atoms with van der Waals surface area (Å²) < 4.78 is 35.8. The lowest BCUT2D eigenvalue weighted by Crippen LogP contribution is -2.42. The third kappa shape index (κ3) is 5.05. The highest BCUT2D eigenvalue weighted by atomic mass is 19.1. The Morgan fingerprint density at radius 2 is 1.88 bits per heavy atom. The number of methoxy groups -OCH3 is 1. The lowest BCUT2D eigenvalue weighted by molar-refractivity contribution is -0.157. The van der Waals surface area contributed by atoms with E-state index < -0.39 is 41.4 Å². The van der Waals surface area contributed by atoms with E-state index in [1.807, 2.05) is 13.8 Å². The number of nitrogens with zero attached hydrogens (tertiary/aromatic N) is 2. The van der Waals surface area contributed by atoms with Gasteiger partial charge in [-0.25, -0.2) is 23.5 Å². The number of fused-ring (bicyclic) bond motifs is 1. The van der Waals surface area contributed by atoms with Gasteiger partial charge in [0, 0.05) is 18.3 Å². The molecular formula is C23H25FN2O7. The number of esters is 1. The van der Waals surface area contributed by atoms with Crippen LogP contribution >= 0.6 is 0 Å². The number of hydrogen-bond donors (Lipinski definition) is 0. The van der Waals surface area contributed by atoms with Gasteiger partial charge in [0.1, 0.15) is 29.8 Å². The summed E-state index contributed by atoms with van der Waals surface area (Å²) in [4.78, 5) is 42.2. The molecule has 0 aliphatic heterocycles. The molecule has 0 bridgehead atoms. The molecule has 2 aromatic heterocycles. The van der Waals surface area contributed by atoms with Gasteiger partial charge in [0.15, 0.2) is 11.3 Å². The van der Waals surface area contributed by atoms with E-state index in [9.17, 15) is 18.8 Å². The van der Waals surface area contributed by atoms with Crippen molar-refractivity contribution in [3.63, 3.8) is 0 Å². The number of hydrogen-bond acceptors (Lipinski definition) is 8. The Bertz CT molecular complexity index is 1270. The highest BCUT2D eigenvalue weighted by Gasteiger charge is 2.30. The van der Waals surface area contributed by atoms with Crippen molar-refractivity contribution < 1.29 is 27.8 Å². The molecule has 10 heteroatoms. The van der Waals surface area contributed by atoms with Gasteiger partial charge < -0.3 is 18.6 Å². The molecule has 0 fully saturated rings. The minimum absolute atomic E-state index is 0.100. The van der Waals surface area contributed by atoms with Gasteiger partial charge in [0.2, 0.25) is 5.58 Å². The fourth-order valence-electron chi connectivity index (χ4n) is 3.44. The summed E-state index contributed by atoms with van der Waals surface area (Å²) in [5.74, 6) is -1.99. The van der Waals surface area contributed by atoms with E-state index in [0.29, 0.717) is 4.57 Å². The van der Waals surface area contributed by atoms with Gasteiger partial charge in [0.05, 0.1) is 7.11 Å². The van der Waals surface area contributed by atoms with E-state index in [0.717, 1.165) is 0 Å². The molecule has 3 aromatic rings.